The molecule has 0 atom stereocenters. The summed E-state index contributed by atoms with van der Waals surface area (Å²) >= 11 is 0. The van der Waals surface area contributed by atoms with Gasteiger partial charge >= 0.3 is 5.97 Å². The summed E-state index contributed by atoms with van der Waals surface area (Å²) in [6, 6.07) is 3.62. The Kier molecular flexibility index (Phi) is 4.90. The van der Waals surface area contributed by atoms with E-state index >= 15 is 0 Å². The second kappa shape index (κ2) is 7.66. The molecule has 10 heteroatoms. The predicted molar refractivity (Wildman–Crippen MR) is 100 cm³/mol. The van der Waals surface area contributed by atoms with E-state index in [-0.39, 0.29) is 28.8 Å². The maximum atomic E-state index is 12.5. The van der Waals surface area contributed by atoms with Gasteiger partial charge in [-0.15, -0.1) is 0 Å². The van der Waals surface area contributed by atoms with Crippen molar-refractivity contribution in [3.63, 3.8) is 0 Å². The minimum Gasteiger partial charge on any atom is -0.462 e. The molecular weight excluding hydrogens is 378 g/mol. The maximum Gasteiger partial charge on any atom is 0.342 e. The molecule has 0 unspecified atom stereocenters. The lowest BCUT2D eigenvalue weighted by Gasteiger charge is -2.03. The van der Waals surface area contributed by atoms with Gasteiger partial charge in [-0.25, -0.2) is 9.78 Å². The number of carbonyl (C=O) groups is 1. The monoisotopic (exact) mass is 395 g/mol. The fraction of sp³-hybridized carbons (Fsp3) is 0.263. The maximum absolute atomic E-state index is 12.5. The molecule has 0 amide bonds. The Morgan fingerprint density at radius 1 is 1.34 bits per heavy atom. The van der Waals surface area contributed by atoms with E-state index in [0.29, 0.717) is 30.3 Å². The number of nitrogens with zero attached hydrogens (tertiary/aromatic N) is 5. The summed E-state index contributed by atoms with van der Waals surface area (Å²) in [6.07, 6.45) is 5.57. The highest BCUT2D eigenvalue weighted by Crippen LogP contribution is 2.21. The van der Waals surface area contributed by atoms with Crippen LogP contribution >= 0.6 is 0 Å². The molecular formula is C19H17N5O5. The molecule has 4 rings (SSSR count). The lowest BCUT2D eigenvalue weighted by molar-refractivity contribution is 0.0498. The van der Waals surface area contributed by atoms with Crippen LogP contribution in [0.2, 0.25) is 0 Å². The summed E-state index contributed by atoms with van der Waals surface area (Å²) in [5.41, 5.74) is 0.607. The largest absolute Gasteiger partial charge is 0.462 e. The lowest BCUT2D eigenvalue weighted by Crippen LogP contribution is -2.19. The van der Waals surface area contributed by atoms with Gasteiger partial charge in [0.1, 0.15) is 23.0 Å². The van der Waals surface area contributed by atoms with Gasteiger partial charge in [-0.3, -0.25) is 9.78 Å². The average Bonchev–Trinajstić information content (AvgIpc) is 3.33. The molecule has 4 aromatic heterocycles. The minimum absolute atomic E-state index is 0.102. The molecule has 0 saturated heterocycles. The molecule has 0 bridgehead atoms. The Bertz CT molecular complexity index is 1230. The number of ether oxygens (including phenoxy) is 1. The highest BCUT2D eigenvalue weighted by Gasteiger charge is 2.23. The van der Waals surface area contributed by atoms with Crippen molar-refractivity contribution in [2.75, 3.05) is 6.61 Å². The van der Waals surface area contributed by atoms with E-state index in [2.05, 4.69) is 20.1 Å². The normalized spacial score (nSPS) is 11.1. The van der Waals surface area contributed by atoms with Gasteiger partial charge in [0.15, 0.2) is 0 Å². The van der Waals surface area contributed by atoms with Crippen LogP contribution in [0.5, 0.6) is 0 Å². The molecule has 10 nitrogen and oxygen atoms in total. The molecule has 0 saturated carbocycles. The standard InChI is InChI=1S/C19H17N5O5/c1-11-14(15-17(28-11)21-10-24(2)18(15)25)19(26)27-8-4-6-13-22-16(23-29-13)12-5-3-7-20-9-12/h3,5,7,9-10H,4,6,8H2,1-2H3. The molecule has 0 aromatic carbocycles. The molecule has 0 aliphatic heterocycles. The van der Waals surface area contributed by atoms with Crippen molar-refractivity contribution in [3.8, 4) is 11.4 Å². The van der Waals surface area contributed by atoms with Crippen LogP contribution < -0.4 is 5.56 Å². The number of fused-ring (bicyclic) bond motifs is 1. The van der Waals surface area contributed by atoms with Gasteiger partial charge in [0.2, 0.25) is 17.4 Å². The van der Waals surface area contributed by atoms with Crippen molar-refractivity contribution in [2.45, 2.75) is 19.8 Å². The van der Waals surface area contributed by atoms with Gasteiger partial charge < -0.3 is 18.2 Å². The zero-order chi connectivity index (χ0) is 20.4. The van der Waals surface area contributed by atoms with Gasteiger partial charge in [0, 0.05) is 31.4 Å². The first-order valence-electron chi connectivity index (χ1n) is 8.89. The number of esters is 1. The molecule has 0 spiro atoms. The molecule has 0 fully saturated rings. The topological polar surface area (TPSA) is 126 Å². The SMILES string of the molecule is Cc1oc2ncn(C)c(=O)c2c1C(=O)OCCCc1nc(-c2cccnc2)no1. The van der Waals surface area contributed by atoms with Crippen molar-refractivity contribution < 1.29 is 18.5 Å². The molecule has 0 N–H and O–H groups in total. The molecule has 4 aromatic rings. The van der Waals surface area contributed by atoms with E-state index in [1.54, 1.807) is 32.4 Å². The fourth-order valence-corrected chi connectivity index (χ4v) is 2.86. The number of carbonyl (C=O) groups excluding carboxylic acids is 1. The van der Waals surface area contributed by atoms with E-state index in [4.69, 9.17) is 13.7 Å². The molecule has 148 valence electrons. The molecule has 0 aliphatic carbocycles. The van der Waals surface area contributed by atoms with Crippen LogP contribution in [0, 0.1) is 6.92 Å². The summed E-state index contributed by atoms with van der Waals surface area (Å²) < 4.78 is 17.2. The first-order chi connectivity index (χ1) is 14.0. The number of hydrogen-bond donors (Lipinski definition) is 0. The summed E-state index contributed by atoms with van der Waals surface area (Å²) in [5, 5.41) is 4.04. The average molecular weight is 395 g/mol. The quantitative estimate of drug-likeness (QED) is 0.356. The number of aromatic nitrogens is 5. The van der Waals surface area contributed by atoms with Gasteiger partial charge in [-0.1, -0.05) is 5.16 Å². The fourth-order valence-electron chi connectivity index (χ4n) is 2.86. The number of furan rings is 1. The van der Waals surface area contributed by atoms with Crippen LogP contribution in [0.15, 0.2) is 44.6 Å². The van der Waals surface area contributed by atoms with E-state index < -0.39 is 5.97 Å². The Morgan fingerprint density at radius 2 is 2.21 bits per heavy atom. The zero-order valence-electron chi connectivity index (χ0n) is 15.8. The number of pyridine rings is 1. The Morgan fingerprint density at radius 3 is 3.00 bits per heavy atom. The zero-order valence-corrected chi connectivity index (χ0v) is 15.8. The molecule has 0 radical (unpaired) electrons. The number of hydrogen-bond acceptors (Lipinski definition) is 9. The highest BCUT2D eigenvalue weighted by molar-refractivity contribution is 6.03. The number of aryl methyl sites for hydroxylation is 3. The van der Waals surface area contributed by atoms with Crippen LogP contribution in [0.4, 0.5) is 0 Å². The van der Waals surface area contributed by atoms with Gasteiger partial charge in [-0.05, 0) is 25.5 Å². The van der Waals surface area contributed by atoms with E-state index in [9.17, 15) is 9.59 Å². The summed E-state index contributed by atoms with van der Waals surface area (Å²) in [5.74, 6) is 0.545. The third-order valence-corrected chi connectivity index (χ3v) is 4.31. The molecule has 4 heterocycles. The van der Waals surface area contributed by atoms with Gasteiger partial charge in [-0.2, -0.15) is 4.98 Å². The van der Waals surface area contributed by atoms with Crippen LogP contribution in [0.25, 0.3) is 22.5 Å². The van der Waals surface area contributed by atoms with Crippen molar-refractivity contribution in [1.29, 1.82) is 0 Å². The lowest BCUT2D eigenvalue weighted by atomic mass is 10.2. The Hall–Kier alpha value is -3.82. The third kappa shape index (κ3) is 3.64. The smallest absolute Gasteiger partial charge is 0.342 e. The minimum atomic E-state index is -0.632. The second-order valence-electron chi connectivity index (χ2n) is 6.37. The summed E-state index contributed by atoms with van der Waals surface area (Å²) in [6.45, 7) is 1.71. The van der Waals surface area contributed by atoms with E-state index in [1.807, 2.05) is 6.07 Å². The van der Waals surface area contributed by atoms with Gasteiger partial charge in [0.25, 0.3) is 5.56 Å². The van der Waals surface area contributed by atoms with Crippen LogP contribution in [-0.2, 0) is 18.2 Å². The van der Waals surface area contributed by atoms with Crippen molar-refractivity contribution in [3.05, 3.63) is 58.4 Å². The third-order valence-electron chi connectivity index (χ3n) is 4.31. The summed E-state index contributed by atoms with van der Waals surface area (Å²) in [7, 11) is 1.55. The van der Waals surface area contributed by atoms with E-state index in [1.165, 1.54) is 10.9 Å². The van der Waals surface area contributed by atoms with Crippen molar-refractivity contribution in [1.82, 2.24) is 24.7 Å². The van der Waals surface area contributed by atoms with Crippen LogP contribution in [-0.4, -0.2) is 37.3 Å². The first kappa shape index (κ1) is 18.5. The van der Waals surface area contributed by atoms with Crippen LogP contribution in [0.3, 0.4) is 0 Å². The van der Waals surface area contributed by atoms with E-state index in [0.717, 1.165) is 5.56 Å². The van der Waals surface area contributed by atoms with Crippen molar-refractivity contribution >= 4 is 17.1 Å². The predicted octanol–water partition coefficient (Wildman–Crippen LogP) is 2.07. The van der Waals surface area contributed by atoms with Crippen molar-refractivity contribution in [2.24, 2.45) is 7.05 Å². The first-order valence-corrected chi connectivity index (χ1v) is 8.89. The van der Waals surface area contributed by atoms with Gasteiger partial charge in [0.05, 0.1) is 6.61 Å². The van der Waals surface area contributed by atoms with Crippen LogP contribution in [0.1, 0.15) is 28.4 Å². The second-order valence-corrected chi connectivity index (χ2v) is 6.37. The number of rotatable bonds is 6. The molecule has 29 heavy (non-hydrogen) atoms. The Balaban J connectivity index is 1.38. The Labute approximate surface area is 164 Å². The highest BCUT2D eigenvalue weighted by atomic mass is 16.5. The molecule has 0 aliphatic rings. The summed E-state index contributed by atoms with van der Waals surface area (Å²) in [4.78, 5) is 37.2.